The molecule has 0 amide bonds. The van der Waals surface area contributed by atoms with Gasteiger partial charge in [-0.15, -0.1) is 0 Å². The maximum Gasteiger partial charge on any atom is 0.171 e. The zero-order valence-corrected chi connectivity index (χ0v) is 9.95. The Morgan fingerprint density at radius 1 is 1.12 bits per heavy atom. The molecule has 0 bridgehead atoms. The first kappa shape index (κ1) is 11.5. The van der Waals surface area contributed by atoms with Crippen molar-refractivity contribution in [1.82, 2.24) is 15.3 Å². The van der Waals surface area contributed by atoms with Gasteiger partial charge in [-0.1, -0.05) is 6.07 Å². The third kappa shape index (κ3) is 3.81. The van der Waals surface area contributed by atoms with Crippen LogP contribution in [0.2, 0.25) is 0 Å². The van der Waals surface area contributed by atoms with Crippen LogP contribution in [0, 0.1) is 0 Å². The molecule has 4 nitrogen and oxygen atoms in total. The molecule has 0 atom stereocenters. The highest BCUT2D eigenvalue weighted by atomic mass is 32.1. The summed E-state index contributed by atoms with van der Waals surface area (Å²) in [7, 11) is 0. The Morgan fingerprint density at radius 2 is 1.88 bits per heavy atom. The zero-order chi connectivity index (χ0) is 11.9. The molecule has 0 aliphatic heterocycles. The number of aromatic nitrogens is 2. The van der Waals surface area contributed by atoms with E-state index >= 15 is 0 Å². The lowest BCUT2D eigenvalue weighted by Crippen LogP contribution is -2.27. The lowest BCUT2D eigenvalue weighted by Gasteiger charge is -2.09. The van der Waals surface area contributed by atoms with Crippen LogP contribution in [0.1, 0.15) is 5.56 Å². The molecule has 0 aliphatic carbocycles. The van der Waals surface area contributed by atoms with Gasteiger partial charge in [-0.2, -0.15) is 0 Å². The molecule has 0 aliphatic rings. The molecule has 17 heavy (non-hydrogen) atoms. The second-order valence-electron chi connectivity index (χ2n) is 3.41. The molecule has 2 aromatic rings. The normalized spacial score (nSPS) is 9.65. The van der Waals surface area contributed by atoms with Gasteiger partial charge >= 0.3 is 0 Å². The second kappa shape index (κ2) is 5.91. The average molecular weight is 244 g/mol. The summed E-state index contributed by atoms with van der Waals surface area (Å²) < 4.78 is 0. The highest BCUT2D eigenvalue weighted by molar-refractivity contribution is 7.80. The van der Waals surface area contributed by atoms with Crippen molar-refractivity contribution in [2.75, 3.05) is 5.32 Å². The van der Waals surface area contributed by atoms with E-state index in [0.717, 1.165) is 11.3 Å². The van der Waals surface area contributed by atoms with Gasteiger partial charge in [-0.3, -0.25) is 9.97 Å². The minimum absolute atomic E-state index is 0.571. The van der Waals surface area contributed by atoms with Crippen LogP contribution in [0.4, 0.5) is 5.69 Å². The molecule has 0 saturated carbocycles. The Labute approximate surface area is 105 Å². The zero-order valence-electron chi connectivity index (χ0n) is 9.13. The average Bonchev–Trinajstić information content (AvgIpc) is 2.39. The Hall–Kier alpha value is -2.01. The summed E-state index contributed by atoms with van der Waals surface area (Å²) in [6.45, 7) is 0.653. The summed E-state index contributed by atoms with van der Waals surface area (Å²) >= 11 is 5.16. The van der Waals surface area contributed by atoms with Gasteiger partial charge in [0.2, 0.25) is 0 Å². The lowest BCUT2D eigenvalue weighted by molar-refractivity contribution is 0.916. The van der Waals surface area contributed by atoms with Crippen molar-refractivity contribution in [2.24, 2.45) is 0 Å². The van der Waals surface area contributed by atoms with Crippen molar-refractivity contribution < 1.29 is 0 Å². The van der Waals surface area contributed by atoms with Crippen LogP contribution >= 0.6 is 12.2 Å². The van der Waals surface area contributed by atoms with Crippen molar-refractivity contribution in [3.63, 3.8) is 0 Å². The number of thiocarbonyl (C=S) groups is 1. The van der Waals surface area contributed by atoms with Gasteiger partial charge in [-0.05, 0) is 36.0 Å². The molecule has 0 unspecified atom stereocenters. The lowest BCUT2D eigenvalue weighted by atomic mass is 10.3. The van der Waals surface area contributed by atoms with Crippen LogP contribution < -0.4 is 10.6 Å². The first-order chi connectivity index (χ1) is 8.34. The summed E-state index contributed by atoms with van der Waals surface area (Å²) in [5.74, 6) is 0. The van der Waals surface area contributed by atoms with Crippen LogP contribution in [0.15, 0.2) is 49.1 Å². The number of rotatable bonds is 3. The van der Waals surface area contributed by atoms with Crippen molar-refractivity contribution in [3.05, 3.63) is 54.6 Å². The smallest absolute Gasteiger partial charge is 0.171 e. The summed E-state index contributed by atoms with van der Waals surface area (Å²) in [6, 6.07) is 7.65. The number of nitrogens with zero attached hydrogens (tertiary/aromatic N) is 2. The van der Waals surface area contributed by atoms with E-state index in [4.69, 9.17) is 12.2 Å². The molecule has 2 aromatic heterocycles. The van der Waals surface area contributed by atoms with Gasteiger partial charge in [0.1, 0.15) is 0 Å². The van der Waals surface area contributed by atoms with Crippen LogP contribution in [0.25, 0.3) is 0 Å². The van der Waals surface area contributed by atoms with Crippen LogP contribution in [0.3, 0.4) is 0 Å². The summed E-state index contributed by atoms with van der Waals surface area (Å²) in [5.41, 5.74) is 1.96. The molecule has 0 spiro atoms. The highest BCUT2D eigenvalue weighted by Crippen LogP contribution is 2.02. The van der Waals surface area contributed by atoms with Crippen LogP contribution in [0.5, 0.6) is 0 Å². The molecular formula is C12H12N4S. The van der Waals surface area contributed by atoms with Gasteiger partial charge in [0.25, 0.3) is 0 Å². The van der Waals surface area contributed by atoms with Crippen LogP contribution in [-0.4, -0.2) is 15.1 Å². The molecule has 0 saturated heterocycles. The van der Waals surface area contributed by atoms with Crippen molar-refractivity contribution >= 4 is 23.0 Å². The summed E-state index contributed by atoms with van der Waals surface area (Å²) in [6.07, 6.45) is 6.99. The molecule has 2 heterocycles. The standard InChI is InChI=1S/C12H12N4S/c17-12(16-11-4-2-6-14-9-11)15-8-10-3-1-5-13-7-10/h1-7,9H,8H2,(H2,15,16,17). The fourth-order valence-electron chi connectivity index (χ4n) is 1.30. The first-order valence-electron chi connectivity index (χ1n) is 5.18. The van der Waals surface area contributed by atoms with Crippen molar-refractivity contribution in [3.8, 4) is 0 Å². The Balaban J connectivity index is 1.83. The first-order valence-corrected chi connectivity index (χ1v) is 5.59. The van der Waals surface area contributed by atoms with Gasteiger partial charge in [0.05, 0.1) is 11.9 Å². The van der Waals surface area contributed by atoms with Gasteiger partial charge in [0.15, 0.2) is 5.11 Å². The SMILES string of the molecule is S=C(NCc1cccnc1)Nc1cccnc1. The molecule has 0 aromatic carbocycles. The van der Waals surface area contributed by atoms with E-state index in [2.05, 4.69) is 20.6 Å². The van der Waals surface area contributed by atoms with Crippen LogP contribution in [-0.2, 0) is 6.54 Å². The Morgan fingerprint density at radius 3 is 2.53 bits per heavy atom. The second-order valence-corrected chi connectivity index (χ2v) is 3.82. The number of nitrogens with one attached hydrogen (secondary N) is 2. The maximum absolute atomic E-state index is 5.16. The van der Waals surface area contributed by atoms with Crippen molar-refractivity contribution in [1.29, 1.82) is 0 Å². The Bertz CT molecular complexity index is 472. The highest BCUT2D eigenvalue weighted by Gasteiger charge is 1.97. The van der Waals surface area contributed by atoms with Crippen molar-refractivity contribution in [2.45, 2.75) is 6.54 Å². The minimum Gasteiger partial charge on any atom is -0.358 e. The van der Waals surface area contributed by atoms with E-state index < -0.39 is 0 Å². The molecule has 0 fully saturated rings. The minimum atomic E-state index is 0.571. The molecule has 0 radical (unpaired) electrons. The van der Waals surface area contributed by atoms with Gasteiger partial charge in [-0.25, -0.2) is 0 Å². The predicted octanol–water partition coefficient (Wildman–Crippen LogP) is 1.96. The quantitative estimate of drug-likeness (QED) is 0.808. The third-order valence-electron chi connectivity index (χ3n) is 2.10. The number of anilines is 1. The molecule has 5 heteroatoms. The van der Waals surface area contributed by atoms with E-state index in [1.54, 1.807) is 24.8 Å². The summed E-state index contributed by atoms with van der Waals surface area (Å²) in [4.78, 5) is 8.03. The van der Waals surface area contributed by atoms with E-state index in [-0.39, 0.29) is 0 Å². The molecule has 86 valence electrons. The number of pyridine rings is 2. The summed E-state index contributed by atoms with van der Waals surface area (Å²) in [5, 5.41) is 6.72. The monoisotopic (exact) mass is 244 g/mol. The molecule has 2 N–H and O–H groups in total. The topological polar surface area (TPSA) is 49.8 Å². The fourth-order valence-corrected chi connectivity index (χ4v) is 1.49. The van der Waals surface area contributed by atoms with Gasteiger partial charge < -0.3 is 10.6 Å². The predicted molar refractivity (Wildman–Crippen MR) is 71.5 cm³/mol. The Kier molecular flexibility index (Phi) is 3.99. The third-order valence-corrected chi connectivity index (χ3v) is 2.34. The molecule has 2 rings (SSSR count). The molecular weight excluding hydrogens is 232 g/mol. The van der Waals surface area contributed by atoms with Gasteiger partial charge in [0, 0.05) is 25.1 Å². The number of hydrogen-bond donors (Lipinski definition) is 2. The maximum atomic E-state index is 5.16. The number of hydrogen-bond acceptors (Lipinski definition) is 3. The van der Waals surface area contributed by atoms with E-state index in [0.29, 0.717) is 11.7 Å². The van der Waals surface area contributed by atoms with E-state index in [1.807, 2.05) is 24.3 Å². The van der Waals surface area contributed by atoms with E-state index in [1.165, 1.54) is 0 Å². The van der Waals surface area contributed by atoms with E-state index in [9.17, 15) is 0 Å². The fraction of sp³-hybridized carbons (Fsp3) is 0.0833. The largest absolute Gasteiger partial charge is 0.358 e.